The van der Waals surface area contributed by atoms with Crippen LogP contribution < -0.4 is 4.90 Å². The van der Waals surface area contributed by atoms with E-state index in [-0.39, 0.29) is 11.4 Å². The van der Waals surface area contributed by atoms with Crippen LogP contribution in [0, 0.1) is 11.6 Å². The number of hydrogen-bond donors (Lipinski definition) is 0. The first-order chi connectivity index (χ1) is 20.7. The Morgan fingerprint density at radius 2 is 0.905 bits per heavy atom. The van der Waals surface area contributed by atoms with Crippen molar-refractivity contribution in [2.24, 2.45) is 0 Å². The van der Waals surface area contributed by atoms with Crippen molar-refractivity contribution in [3.05, 3.63) is 157 Å². The monoisotopic (exact) mass is 546 g/mol. The highest BCUT2D eigenvalue weighted by Crippen LogP contribution is 2.40. The van der Waals surface area contributed by atoms with Gasteiger partial charge in [0.2, 0.25) is 0 Å². The van der Waals surface area contributed by atoms with E-state index >= 15 is 0 Å². The molecule has 1 aromatic heterocycles. The van der Waals surface area contributed by atoms with E-state index in [1.807, 2.05) is 24.3 Å². The van der Waals surface area contributed by atoms with Crippen molar-refractivity contribution in [2.75, 3.05) is 4.90 Å². The molecule has 0 aliphatic carbocycles. The van der Waals surface area contributed by atoms with Crippen molar-refractivity contribution in [2.45, 2.75) is 0 Å². The minimum absolute atomic E-state index is 0.288. The third-order valence-corrected chi connectivity index (χ3v) is 8.09. The molecule has 0 aliphatic heterocycles. The summed E-state index contributed by atoms with van der Waals surface area (Å²) in [4.78, 5) is 1.61. The van der Waals surface area contributed by atoms with Gasteiger partial charge in [-0.1, -0.05) is 84.9 Å². The number of aromatic nitrogens is 1. The highest BCUT2D eigenvalue weighted by atomic mass is 19.1. The van der Waals surface area contributed by atoms with Gasteiger partial charge in [0.15, 0.2) is 0 Å². The van der Waals surface area contributed by atoms with Gasteiger partial charge in [-0.05, 0) is 82.6 Å². The molecule has 0 unspecified atom stereocenters. The normalized spacial score (nSPS) is 11.6. The zero-order chi connectivity index (χ0) is 28.2. The number of benzene rings is 7. The van der Waals surface area contributed by atoms with E-state index in [0.29, 0.717) is 5.69 Å². The Balaban J connectivity index is 1.18. The Morgan fingerprint density at radius 1 is 0.429 bits per heavy atom. The second-order valence-electron chi connectivity index (χ2n) is 10.5. The molecule has 4 heteroatoms. The van der Waals surface area contributed by atoms with Crippen LogP contribution in [0.3, 0.4) is 0 Å². The van der Waals surface area contributed by atoms with Crippen molar-refractivity contribution in [1.29, 1.82) is 0 Å². The molecule has 7 aromatic carbocycles. The van der Waals surface area contributed by atoms with Gasteiger partial charge >= 0.3 is 0 Å². The molecule has 8 aromatic rings. The van der Waals surface area contributed by atoms with Crippen molar-refractivity contribution in [3.8, 4) is 16.8 Å². The number of nitrogens with zero attached hydrogens (tertiary/aromatic N) is 2. The maximum Gasteiger partial charge on any atom is 0.147 e. The minimum Gasteiger partial charge on any atom is -0.309 e. The molecule has 1 heterocycles. The molecular formula is C38H24F2N2. The molecule has 0 atom stereocenters. The largest absolute Gasteiger partial charge is 0.309 e. The smallest absolute Gasteiger partial charge is 0.147 e. The van der Waals surface area contributed by atoms with Crippen LogP contribution in [0.15, 0.2) is 146 Å². The lowest BCUT2D eigenvalue weighted by molar-refractivity contribution is 0.619. The summed E-state index contributed by atoms with van der Waals surface area (Å²) in [5.74, 6) is -0.841. The van der Waals surface area contributed by atoms with Crippen LogP contribution in [-0.4, -0.2) is 4.57 Å². The molecule has 0 bridgehead atoms. The van der Waals surface area contributed by atoms with Crippen LogP contribution in [0.4, 0.5) is 25.8 Å². The summed E-state index contributed by atoms with van der Waals surface area (Å²) in [7, 11) is 0. The summed E-state index contributed by atoms with van der Waals surface area (Å²) in [6, 6.07) is 46.5. The molecule has 0 saturated carbocycles. The van der Waals surface area contributed by atoms with Gasteiger partial charge in [-0.3, -0.25) is 0 Å². The van der Waals surface area contributed by atoms with Crippen LogP contribution in [0.1, 0.15) is 0 Å². The van der Waals surface area contributed by atoms with Gasteiger partial charge in [-0.25, -0.2) is 8.78 Å². The zero-order valence-electron chi connectivity index (χ0n) is 22.5. The summed E-state index contributed by atoms with van der Waals surface area (Å²) in [6.45, 7) is 0. The van der Waals surface area contributed by atoms with Gasteiger partial charge in [0.1, 0.15) is 11.6 Å². The Morgan fingerprint density at radius 3 is 1.40 bits per heavy atom. The average Bonchev–Trinajstić information content (AvgIpc) is 3.38. The van der Waals surface area contributed by atoms with Crippen LogP contribution in [0.5, 0.6) is 0 Å². The Hall–Kier alpha value is -5.48. The Labute approximate surface area is 241 Å². The third kappa shape index (κ3) is 3.76. The van der Waals surface area contributed by atoms with Crippen LogP contribution >= 0.6 is 0 Å². The maximum absolute atomic E-state index is 14.9. The van der Waals surface area contributed by atoms with Crippen LogP contribution in [0.2, 0.25) is 0 Å². The summed E-state index contributed by atoms with van der Waals surface area (Å²) in [6.07, 6.45) is 0. The van der Waals surface area contributed by atoms with E-state index in [0.717, 1.165) is 16.8 Å². The Kier molecular flexibility index (Phi) is 5.54. The van der Waals surface area contributed by atoms with E-state index in [1.165, 1.54) is 44.7 Å². The Bertz CT molecular complexity index is 2100. The first-order valence-corrected chi connectivity index (χ1v) is 13.9. The lowest BCUT2D eigenvalue weighted by Crippen LogP contribution is -2.13. The molecule has 200 valence electrons. The van der Waals surface area contributed by atoms with E-state index < -0.39 is 11.6 Å². The maximum atomic E-state index is 14.9. The quantitative estimate of drug-likeness (QED) is 0.195. The predicted octanol–water partition coefficient (Wildman–Crippen LogP) is 10.8. The molecule has 8 rings (SSSR count). The molecule has 0 radical (unpaired) electrons. The first kappa shape index (κ1) is 24.3. The standard InChI is InChI=1S/C38H24F2N2/c39-31-9-1-3-11-33(31)41(34-12-4-2-10-32(34)40)29-21-17-25(18-22-29)26-19-23-30(24-20-26)42-35-13-5-7-27-15-16-28-8-6-14-36(42)38(28)37(27)35/h1-24H. The van der Waals surface area contributed by atoms with Crippen LogP contribution in [0.25, 0.3) is 49.4 Å². The van der Waals surface area contributed by atoms with Gasteiger partial charge in [0.05, 0.1) is 22.4 Å². The topological polar surface area (TPSA) is 8.17 Å². The molecule has 0 amide bonds. The number of anilines is 3. The highest BCUT2D eigenvalue weighted by molar-refractivity contribution is 6.24. The first-order valence-electron chi connectivity index (χ1n) is 13.9. The SMILES string of the molecule is Fc1ccccc1N(c1ccc(-c2ccc(-n3c4cccc5ccc6cccc3c6c54)cc2)cc1)c1ccccc1F. The van der Waals surface area contributed by atoms with Crippen molar-refractivity contribution in [3.63, 3.8) is 0 Å². The fourth-order valence-electron chi connectivity index (χ4n) is 6.18. The van der Waals surface area contributed by atoms with E-state index in [1.54, 1.807) is 41.3 Å². The minimum atomic E-state index is -0.420. The summed E-state index contributed by atoms with van der Waals surface area (Å²) >= 11 is 0. The van der Waals surface area contributed by atoms with Crippen molar-refractivity contribution >= 4 is 49.6 Å². The molecule has 0 aliphatic rings. The fourth-order valence-corrected chi connectivity index (χ4v) is 6.18. The molecule has 0 spiro atoms. The summed E-state index contributed by atoms with van der Waals surface area (Å²) < 4.78 is 32.2. The third-order valence-electron chi connectivity index (χ3n) is 8.09. The van der Waals surface area contributed by atoms with Crippen molar-refractivity contribution in [1.82, 2.24) is 4.57 Å². The molecule has 0 saturated heterocycles. The molecule has 0 N–H and O–H groups in total. The second-order valence-corrected chi connectivity index (χ2v) is 10.5. The van der Waals surface area contributed by atoms with Crippen LogP contribution in [-0.2, 0) is 0 Å². The summed E-state index contributed by atoms with van der Waals surface area (Å²) in [5.41, 5.74) is 6.80. The number of para-hydroxylation sites is 2. The van der Waals surface area contributed by atoms with Gasteiger partial charge < -0.3 is 9.47 Å². The van der Waals surface area contributed by atoms with E-state index in [4.69, 9.17) is 0 Å². The molecular weight excluding hydrogens is 522 g/mol. The zero-order valence-corrected chi connectivity index (χ0v) is 22.5. The van der Waals surface area contributed by atoms with Gasteiger partial charge in [0, 0.05) is 22.1 Å². The molecule has 42 heavy (non-hydrogen) atoms. The van der Waals surface area contributed by atoms with Gasteiger partial charge in [-0.2, -0.15) is 0 Å². The average molecular weight is 547 g/mol. The lowest BCUT2D eigenvalue weighted by Gasteiger charge is -2.26. The highest BCUT2D eigenvalue weighted by Gasteiger charge is 2.19. The fraction of sp³-hybridized carbons (Fsp3) is 0. The van der Waals surface area contributed by atoms with E-state index in [2.05, 4.69) is 77.4 Å². The predicted molar refractivity (Wildman–Crippen MR) is 170 cm³/mol. The number of hydrogen-bond acceptors (Lipinski definition) is 1. The number of halogens is 2. The van der Waals surface area contributed by atoms with Crippen molar-refractivity contribution < 1.29 is 8.78 Å². The van der Waals surface area contributed by atoms with Gasteiger partial charge in [0.25, 0.3) is 0 Å². The van der Waals surface area contributed by atoms with Gasteiger partial charge in [-0.15, -0.1) is 0 Å². The lowest BCUT2D eigenvalue weighted by atomic mass is 10.0. The second kappa shape index (κ2) is 9.57. The summed E-state index contributed by atoms with van der Waals surface area (Å²) in [5, 5.41) is 5.07. The number of rotatable bonds is 5. The van der Waals surface area contributed by atoms with E-state index in [9.17, 15) is 8.78 Å². The molecule has 2 nitrogen and oxygen atoms in total. The molecule has 0 fully saturated rings.